The molecule has 0 aliphatic heterocycles. The van der Waals surface area contributed by atoms with Crippen LogP contribution in [0.1, 0.15) is 12.8 Å². The number of sulfone groups is 1. The third-order valence-corrected chi connectivity index (χ3v) is 4.43. The van der Waals surface area contributed by atoms with Crippen LogP contribution in [0.25, 0.3) is 0 Å². The van der Waals surface area contributed by atoms with Crippen molar-refractivity contribution >= 4 is 21.2 Å². The van der Waals surface area contributed by atoms with Crippen molar-refractivity contribution in [1.82, 2.24) is 0 Å². The molecule has 0 spiro atoms. The molecule has 106 valence electrons. The minimum absolute atomic E-state index is 0.202. The maximum Gasteiger partial charge on any atom is 0.177 e. The van der Waals surface area contributed by atoms with E-state index in [1.807, 2.05) is 6.07 Å². The van der Waals surface area contributed by atoms with Gasteiger partial charge in [0.1, 0.15) is 0 Å². The Balaban J connectivity index is 2.37. The molecule has 2 rings (SSSR count). The van der Waals surface area contributed by atoms with Crippen molar-refractivity contribution in [3.8, 4) is 0 Å². The number of hydrogen-bond acceptors (Lipinski definition) is 5. The van der Waals surface area contributed by atoms with E-state index in [4.69, 9.17) is 10.5 Å². The minimum Gasteiger partial charge on any atom is -0.396 e. The van der Waals surface area contributed by atoms with Crippen LogP contribution >= 0.6 is 0 Å². The molecule has 1 fully saturated rings. The van der Waals surface area contributed by atoms with Crippen LogP contribution < -0.4 is 10.6 Å². The van der Waals surface area contributed by atoms with E-state index in [0.717, 1.165) is 25.1 Å². The number of hydrogen-bond donors (Lipinski definition) is 1. The predicted octanol–water partition coefficient (Wildman–Crippen LogP) is 1.29. The Kier molecular flexibility index (Phi) is 4.01. The number of anilines is 2. The SMILES string of the molecule is COCCN(c1cccc(S(C)(=O)=O)c1N)C1CC1. The van der Waals surface area contributed by atoms with Gasteiger partial charge in [0.05, 0.1) is 22.9 Å². The fraction of sp³-hybridized carbons (Fsp3) is 0.538. The topological polar surface area (TPSA) is 72.6 Å². The largest absolute Gasteiger partial charge is 0.396 e. The standard InChI is InChI=1S/C13H20N2O3S/c1-18-9-8-15(10-6-7-10)11-4-3-5-12(13(11)14)19(2,16)17/h3-5,10H,6-9,14H2,1-2H3. The lowest BCUT2D eigenvalue weighted by Crippen LogP contribution is -2.30. The number of para-hydroxylation sites is 1. The minimum atomic E-state index is -3.30. The van der Waals surface area contributed by atoms with Crippen molar-refractivity contribution in [1.29, 1.82) is 0 Å². The van der Waals surface area contributed by atoms with Crippen LogP contribution in [0.3, 0.4) is 0 Å². The van der Waals surface area contributed by atoms with Gasteiger partial charge in [0.15, 0.2) is 9.84 Å². The molecule has 5 nitrogen and oxygen atoms in total. The van der Waals surface area contributed by atoms with Crippen molar-refractivity contribution in [2.24, 2.45) is 0 Å². The highest BCUT2D eigenvalue weighted by molar-refractivity contribution is 7.90. The lowest BCUT2D eigenvalue weighted by molar-refractivity contribution is 0.205. The molecular formula is C13H20N2O3S. The van der Waals surface area contributed by atoms with Crippen LogP contribution in [-0.2, 0) is 14.6 Å². The van der Waals surface area contributed by atoms with E-state index >= 15 is 0 Å². The summed E-state index contributed by atoms with van der Waals surface area (Å²) in [5, 5.41) is 0. The normalized spacial score (nSPS) is 15.5. The highest BCUT2D eigenvalue weighted by Gasteiger charge is 2.31. The lowest BCUT2D eigenvalue weighted by atomic mass is 10.2. The smallest absolute Gasteiger partial charge is 0.177 e. The van der Waals surface area contributed by atoms with Crippen LogP contribution in [0.5, 0.6) is 0 Å². The average Bonchev–Trinajstić information content (AvgIpc) is 3.14. The van der Waals surface area contributed by atoms with Crippen molar-refractivity contribution in [3.05, 3.63) is 18.2 Å². The van der Waals surface area contributed by atoms with Gasteiger partial charge in [-0.1, -0.05) is 6.07 Å². The molecule has 19 heavy (non-hydrogen) atoms. The summed E-state index contributed by atoms with van der Waals surface area (Å²) >= 11 is 0. The molecule has 1 aromatic rings. The molecule has 1 aliphatic carbocycles. The number of nitrogens with two attached hydrogens (primary N) is 1. The molecule has 0 radical (unpaired) electrons. The quantitative estimate of drug-likeness (QED) is 0.797. The van der Waals surface area contributed by atoms with Gasteiger partial charge in [-0.15, -0.1) is 0 Å². The number of methoxy groups -OCH3 is 1. The second-order valence-electron chi connectivity index (χ2n) is 4.88. The van der Waals surface area contributed by atoms with Crippen LogP contribution in [0.15, 0.2) is 23.1 Å². The van der Waals surface area contributed by atoms with E-state index in [1.54, 1.807) is 19.2 Å². The molecule has 0 bridgehead atoms. The van der Waals surface area contributed by atoms with Gasteiger partial charge < -0.3 is 15.4 Å². The molecule has 0 heterocycles. The van der Waals surface area contributed by atoms with Crippen molar-refractivity contribution < 1.29 is 13.2 Å². The zero-order valence-electron chi connectivity index (χ0n) is 11.3. The Bertz CT molecular complexity index is 553. The third-order valence-electron chi connectivity index (χ3n) is 3.28. The van der Waals surface area contributed by atoms with E-state index in [0.29, 0.717) is 18.3 Å². The molecule has 0 atom stereocenters. The van der Waals surface area contributed by atoms with E-state index in [2.05, 4.69) is 4.90 Å². The Morgan fingerprint density at radius 1 is 1.42 bits per heavy atom. The van der Waals surface area contributed by atoms with Crippen LogP contribution in [-0.4, -0.2) is 41.0 Å². The second kappa shape index (κ2) is 5.38. The number of rotatable bonds is 6. The number of benzene rings is 1. The van der Waals surface area contributed by atoms with Crippen molar-refractivity contribution in [2.75, 3.05) is 37.2 Å². The summed E-state index contributed by atoms with van der Waals surface area (Å²) in [5.74, 6) is 0. The maximum absolute atomic E-state index is 11.7. The highest BCUT2D eigenvalue weighted by Crippen LogP contribution is 2.37. The lowest BCUT2D eigenvalue weighted by Gasteiger charge is -2.26. The van der Waals surface area contributed by atoms with Gasteiger partial charge >= 0.3 is 0 Å². The molecule has 0 saturated heterocycles. The van der Waals surface area contributed by atoms with Gasteiger partial charge in [-0.3, -0.25) is 0 Å². The van der Waals surface area contributed by atoms with Gasteiger partial charge in [0.2, 0.25) is 0 Å². The van der Waals surface area contributed by atoms with E-state index < -0.39 is 9.84 Å². The van der Waals surface area contributed by atoms with Crippen LogP contribution in [0.2, 0.25) is 0 Å². The summed E-state index contributed by atoms with van der Waals surface area (Å²) < 4.78 is 28.5. The number of nitrogens with zero attached hydrogens (tertiary/aromatic N) is 1. The maximum atomic E-state index is 11.7. The van der Waals surface area contributed by atoms with E-state index in [1.165, 1.54) is 6.26 Å². The summed E-state index contributed by atoms with van der Waals surface area (Å²) in [7, 11) is -1.64. The van der Waals surface area contributed by atoms with E-state index in [-0.39, 0.29) is 4.90 Å². The average molecular weight is 284 g/mol. The molecule has 1 aromatic carbocycles. The van der Waals surface area contributed by atoms with Gasteiger partial charge in [0, 0.05) is 26.0 Å². The first-order valence-electron chi connectivity index (χ1n) is 6.29. The van der Waals surface area contributed by atoms with E-state index in [9.17, 15) is 8.42 Å². The first kappa shape index (κ1) is 14.1. The van der Waals surface area contributed by atoms with Gasteiger partial charge in [-0.25, -0.2) is 8.42 Å². The van der Waals surface area contributed by atoms with Gasteiger partial charge in [-0.05, 0) is 25.0 Å². The van der Waals surface area contributed by atoms with Crippen LogP contribution in [0, 0.1) is 0 Å². The zero-order chi connectivity index (χ0) is 14.0. The molecule has 1 aliphatic rings. The molecule has 6 heteroatoms. The van der Waals surface area contributed by atoms with Gasteiger partial charge in [-0.2, -0.15) is 0 Å². The second-order valence-corrected chi connectivity index (χ2v) is 6.86. The molecule has 0 aromatic heterocycles. The fourth-order valence-corrected chi connectivity index (χ4v) is 3.01. The third kappa shape index (κ3) is 3.19. The zero-order valence-corrected chi connectivity index (χ0v) is 12.1. The fourth-order valence-electron chi connectivity index (χ4n) is 2.18. The highest BCUT2D eigenvalue weighted by atomic mass is 32.2. The Morgan fingerprint density at radius 2 is 2.11 bits per heavy atom. The number of nitrogen functional groups attached to an aromatic ring is 1. The summed E-state index contributed by atoms with van der Waals surface area (Å²) in [6.45, 7) is 1.32. The summed E-state index contributed by atoms with van der Waals surface area (Å²) in [6, 6.07) is 5.62. The molecule has 0 amide bonds. The molecular weight excluding hydrogens is 264 g/mol. The monoisotopic (exact) mass is 284 g/mol. The van der Waals surface area contributed by atoms with Crippen molar-refractivity contribution in [2.45, 2.75) is 23.8 Å². The molecule has 2 N–H and O–H groups in total. The summed E-state index contributed by atoms with van der Waals surface area (Å²) in [4.78, 5) is 2.35. The van der Waals surface area contributed by atoms with Crippen molar-refractivity contribution in [3.63, 3.8) is 0 Å². The first-order valence-corrected chi connectivity index (χ1v) is 8.18. The van der Waals surface area contributed by atoms with Crippen LogP contribution in [0.4, 0.5) is 11.4 Å². The summed E-state index contributed by atoms with van der Waals surface area (Å²) in [6.07, 6.45) is 3.41. The Hall–Kier alpha value is -1.27. The summed E-state index contributed by atoms with van der Waals surface area (Å²) in [5.41, 5.74) is 7.18. The Labute approximate surface area is 114 Å². The Morgan fingerprint density at radius 3 is 2.63 bits per heavy atom. The number of ether oxygens (including phenoxy) is 1. The molecule has 0 unspecified atom stereocenters. The first-order chi connectivity index (χ1) is 8.95. The molecule has 1 saturated carbocycles. The predicted molar refractivity (Wildman–Crippen MR) is 76.2 cm³/mol. The van der Waals surface area contributed by atoms with Gasteiger partial charge in [0.25, 0.3) is 0 Å².